The fourth-order valence-corrected chi connectivity index (χ4v) is 3.38. The first kappa shape index (κ1) is 20.8. The molecule has 0 spiro atoms. The average molecular weight is 432 g/mol. The number of halogens is 3. The third kappa shape index (κ3) is 6.64. The highest BCUT2D eigenvalue weighted by Crippen LogP contribution is 2.22. The molecule has 0 aromatic heterocycles. The van der Waals surface area contributed by atoms with E-state index in [9.17, 15) is 9.18 Å². The molecular formula is C17H16Cl2FN3OS2. The van der Waals surface area contributed by atoms with Crippen LogP contribution in [-0.2, 0) is 10.5 Å². The number of nitrogens with one attached hydrogen (secondary N) is 3. The van der Waals surface area contributed by atoms with Gasteiger partial charge in [-0.2, -0.15) is 0 Å². The summed E-state index contributed by atoms with van der Waals surface area (Å²) in [6.07, 6.45) is 0. The first-order chi connectivity index (χ1) is 12.3. The monoisotopic (exact) mass is 431 g/mol. The molecule has 9 heteroatoms. The van der Waals surface area contributed by atoms with E-state index in [1.165, 1.54) is 23.9 Å². The van der Waals surface area contributed by atoms with Crippen LogP contribution in [0.25, 0.3) is 0 Å². The highest BCUT2D eigenvalue weighted by molar-refractivity contribution is 7.99. The Morgan fingerprint density at radius 3 is 2.62 bits per heavy atom. The van der Waals surface area contributed by atoms with E-state index in [-0.39, 0.29) is 22.6 Å². The number of thioether (sulfide) groups is 1. The fourth-order valence-electron chi connectivity index (χ4n) is 1.89. The summed E-state index contributed by atoms with van der Waals surface area (Å²) in [7, 11) is 0. The smallest absolute Gasteiger partial charge is 0.248 e. The molecule has 4 nitrogen and oxygen atoms in total. The van der Waals surface area contributed by atoms with Crippen molar-refractivity contribution in [1.82, 2.24) is 10.9 Å². The van der Waals surface area contributed by atoms with E-state index in [0.29, 0.717) is 21.5 Å². The lowest BCUT2D eigenvalue weighted by molar-refractivity contribution is -0.119. The SMILES string of the molecule is Cc1ccc(NC(=S)NNC(=O)CSCc2ccc(F)cc2Cl)cc1Cl. The van der Waals surface area contributed by atoms with Gasteiger partial charge >= 0.3 is 0 Å². The Kier molecular flexibility index (Phi) is 7.96. The Hall–Kier alpha value is -1.54. The number of amides is 1. The zero-order chi connectivity index (χ0) is 19.1. The molecule has 0 unspecified atom stereocenters. The van der Waals surface area contributed by atoms with Gasteiger partial charge in [-0.05, 0) is 54.5 Å². The number of thiocarbonyl (C=S) groups is 1. The van der Waals surface area contributed by atoms with Gasteiger partial charge in [-0.1, -0.05) is 35.3 Å². The molecule has 0 aliphatic heterocycles. The van der Waals surface area contributed by atoms with Crippen LogP contribution in [0.5, 0.6) is 0 Å². The highest BCUT2D eigenvalue weighted by atomic mass is 35.5. The molecule has 0 heterocycles. The Bertz CT molecular complexity index is 821. The second-order valence-electron chi connectivity index (χ2n) is 5.32. The van der Waals surface area contributed by atoms with E-state index in [2.05, 4.69) is 16.2 Å². The number of carbonyl (C=O) groups is 1. The molecule has 0 saturated heterocycles. The maximum absolute atomic E-state index is 13.0. The molecule has 26 heavy (non-hydrogen) atoms. The summed E-state index contributed by atoms with van der Waals surface area (Å²) in [4.78, 5) is 11.8. The van der Waals surface area contributed by atoms with E-state index in [4.69, 9.17) is 35.4 Å². The number of hydrazine groups is 1. The number of rotatable bonds is 5. The summed E-state index contributed by atoms with van der Waals surface area (Å²) < 4.78 is 13.0. The first-order valence-electron chi connectivity index (χ1n) is 7.49. The Labute approximate surface area is 170 Å². The summed E-state index contributed by atoms with van der Waals surface area (Å²) in [5.74, 6) is 0.0532. The third-order valence-corrected chi connectivity index (χ3v) is 5.20. The average Bonchev–Trinajstić information content (AvgIpc) is 2.58. The van der Waals surface area contributed by atoms with Gasteiger partial charge in [0.05, 0.1) is 5.75 Å². The lowest BCUT2D eigenvalue weighted by atomic mass is 10.2. The zero-order valence-corrected chi connectivity index (χ0v) is 16.9. The molecule has 1 amide bonds. The van der Waals surface area contributed by atoms with Crippen LogP contribution >= 0.6 is 47.2 Å². The Morgan fingerprint density at radius 2 is 1.92 bits per heavy atom. The van der Waals surface area contributed by atoms with E-state index in [0.717, 1.165) is 11.1 Å². The van der Waals surface area contributed by atoms with Crippen molar-refractivity contribution < 1.29 is 9.18 Å². The fraction of sp³-hybridized carbons (Fsp3) is 0.176. The molecule has 3 N–H and O–H groups in total. The van der Waals surface area contributed by atoms with Crippen LogP contribution in [0, 0.1) is 12.7 Å². The van der Waals surface area contributed by atoms with Crippen molar-refractivity contribution in [2.75, 3.05) is 11.1 Å². The molecule has 0 saturated carbocycles. The number of hydrogen-bond donors (Lipinski definition) is 3. The molecule has 0 radical (unpaired) electrons. The van der Waals surface area contributed by atoms with Gasteiger partial charge in [0, 0.05) is 21.5 Å². The molecule has 0 aliphatic rings. The van der Waals surface area contributed by atoms with Crippen LogP contribution in [-0.4, -0.2) is 16.8 Å². The molecule has 0 bridgehead atoms. The topological polar surface area (TPSA) is 53.2 Å². The summed E-state index contributed by atoms with van der Waals surface area (Å²) in [6, 6.07) is 9.63. The van der Waals surface area contributed by atoms with Crippen LogP contribution in [0.4, 0.5) is 10.1 Å². The van der Waals surface area contributed by atoms with Gasteiger partial charge in [0.15, 0.2) is 5.11 Å². The zero-order valence-electron chi connectivity index (χ0n) is 13.7. The highest BCUT2D eigenvalue weighted by Gasteiger charge is 2.06. The van der Waals surface area contributed by atoms with Crippen LogP contribution in [0.15, 0.2) is 36.4 Å². The molecular weight excluding hydrogens is 416 g/mol. The second kappa shape index (κ2) is 9.97. The van der Waals surface area contributed by atoms with Crippen LogP contribution < -0.4 is 16.2 Å². The molecule has 2 aromatic rings. The van der Waals surface area contributed by atoms with Crippen molar-refractivity contribution in [2.45, 2.75) is 12.7 Å². The predicted molar refractivity (Wildman–Crippen MR) is 111 cm³/mol. The van der Waals surface area contributed by atoms with Crippen molar-refractivity contribution in [3.63, 3.8) is 0 Å². The summed E-state index contributed by atoms with van der Waals surface area (Å²) >= 11 is 18.5. The minimum Gasteiger partial charge on any atom is -0.331 e. The summed E-state index contributed by atoms with van der Waals surface area (Å²) in [5, 5.41) is 4.13. The number of benzene rings is 2. The largest absolute Gasteiger partial charge is 0.331 e. The van der Waals surface area contributed by atoms with Gasteiger partial charge in [-0.15, -0.1) is 11.8 Å². The van der Waals surface area contributed by atoms with Gasteiger partial charge < -0.3 is 5.32 Å². The standard InChI is InChI=1S/C17H16Cl2FN3OS2/c1-10-2-5-13(7-14(10)18)21-17(25)23-22-16(24)9-26-8-11-3-4-12(20)6-15(11)19/h2-7H,8-9H2,1H3,(H,22,24)(H2,21,23,25). The van der Waals surface area contributed by atoms with Gasteiger partial charge in [0.1, 0.15) is 5.82 Å². The van der Waals surface area contributed by atoms with Crippen molar-refractivity contribution in [3.05, 3.63) is 63.4 Å². The Balaban J connectivity index is 1.70. The third-order valence-electron chi connectivity index (χ3n) is 3.25. The number of anilines is 1. The lowest BCUT2D eigenvalue weighted by Crippen LogP contribution is -2.44. The van der Waals surface area contributed by atoms with E-state index < -0.39 is 0 Å². The Morgan fingerprint density at radius 1 is 1.15 bits per heavy atom. The normalized spacial score (nSPS) is 10.3. The van der Waals surface area contributed by atoms with Crippen molar-refractivity contribution in [1.29, 1.82) is 0 Å². The summed E-state index contributed by atoms with van der Waals surface area (Å²) in [6.45, 7) is 1.90. The van der Waals surface area contributed by atoms with Gasteiger partial charge in [-0.25, -0.2) is 4.39 Å². The first-order valence-corrected chi connectivity index (χ1v) is 9.80. The van der Waals surface area contributed by atoms with Crippen LogP contribution in [0.3, 0.4) is 0 Å². The number of hydrogen-bond acceptors (Lipinski definition) is 3. The second-order valence-corrected chi connectivity index (χ2v) is 7.53. The predicted octanol–water partition coefficient (Wildman–Crippen LogP) is 4.69. The summed E-state index contributed by atoms with van der Waals surface area (Å²) in [5.41, 5.74) is 7.57. The molecule has 0 fully saturated rings. The quantitative estimate of drug-likeness (QED) is 0.473. The van der Waals surface area contributed by atoms with Crippen molar-refractivity contribution in [2.24, 2.45) is 0 Å². The molecule has 0 aliphatic carbocycles. The maximum Gasteiger partial charge on any atom is 0.248 e. The molecule has 138 valence electrons. The van der Waals surface area contributed by atoms with Crippen LogP contribution in [0.1, 0.15) is 11.1 Å². The lowest BCUT2D eigenvalue weighted by Gasteiger charge is -2.12. The molecule has 0 atom stereocenters. The van der Waals surface area contributed by atoms with E-state index in [1.54, 1.807) is 12.1 Å². The van der Waals surface area contributed by atoms with E-state index >= 15 is 0 Å². The van der Waals surface area contributed by atoms with Gasteiger partial charge in [0.2, 0.25) is 5.91 Å². The van der Waals surface area contributed by atoms with Gasteiger partial charge in [0.25, 0.3) is 0 Å². The minimum absolute atomic E-state index is 0.194. The van der Waals surface area contributed by atoms with Crippen molar-refractivity contribution in [3.8, 4) is 0 Å². The van der Waals surface area contributed by atoms with E-state index in [1.807, 2.05) is 19.1 Å². The van der Waals surface area contributed by atoms with Crippen LogP contribution in [0.2, 0.25) is 10.0 Å². The van der Waals surface area contributed by atoms with Crippen molar-refractivity contribution >= 4 is 63.9 Å². The maximum atomic E-state index is 13.0. The number of aryl methyl sites for hydroxylation is 1. The number of carbonyl (C=O) groups excluding carboxylic acids is 1. The van der Waals surface area contributed by atoms with Gasteiger partial charge in [-0.3, -0.25) is 15.6 Å². The minimum atomic E-state index is -0.387. The molecule has 2 aromatic carbocycles. The molecule has 2 rings (SSSR count).